The number of carbonyl (C=O) groups is 1. The van der Waals surface area contributed by atoms with Crippen LogP contribution < -0.4 is 5.32 Å². The van der Waals surface area contributed by atoms with Gasteiger partial charge in [0.1, 0.15) is 11.5 Å². The molecule has 1 amide bonds. The number of unbranched alkanes of at least 4 members (excludes halogenated alkanes) is 1. The number of aromatic nitrogens is 2. The second-order valence-corrected chi connectivity index (χ2v) is 4.63. The first-order valence-electron chi connectivity index (χ1n) is 6.70. The van der Waals surface area contributed by atoms with E-state index >= 15 is 0 Å². The molecule has 0 atom stereocenters. The number of halogens is 1. The third-order valence-electron chi connectivity index (χ3n) is 3.08. The summed E-state index contributed by atoms with van der Waals surface area (Å²) < 4.78 is 15.2. The summed E-state index contributed by atoms with van der Waals surface area (Å²) in [6.45, 7) is 2.70. The van der Waals surface area contributed by atoms with Crippen molar-refractivity contribution in [3.63, 3.8) is 0 Å². The van der Waals surface area contributed by atoms with Gasteiger partial charge in [-0.25, -0.2) is 4.39 Å². The molecule has 1 aromatic carbocycles. The summed E-state index contributed by atoms with van der Waals surface area (Å²) >= 11 is 0. The Morgan fingerprint density at radius 1 is 1.40 bits per heavy atom. The van der Waals surface area contributed by atoms with E-state index in [0.29, 0.717) is 23.5 Å². The summed E-state index contributed by atoms with van der Waals surface area (Å²) in [5, 5.41) is 7.03. The summed E-state index contributed by atoms with van der Waals surface area (Å²) in [5.74, 6) is -0.528. The molecular formula is C15H18FN3O. The molecule has 0 saturated carbocycles. The van der Waals surface area contributed by atoms with E-state index in [2.05, 4.69) is 17.3 Å². The molecule has 0 unspecified atom stereocenters. The van der Waals surface area contributed by atoms with Gasteiger partial charge in [-0.3, -0.25) is 9.48 Å². The first-order chi connectivity index (χ1) is 9.63. The van der Waals surface area contributed by atoms with Crippen LogP contribution in [0.1, 0.15) is 30.3 Å². The second kappa shape index (κ2) is 6.32. The number of nitrogens with zero attached hydrogens (tertiary/aromatic N) is 2. The third-order valence-corrected chi connectivity index (χ3v) is 3.08. The number of aryl methyl sites for hydroxylation is 1. The van der Waals surface area contributed by atoms with E-state index in [-0.39, 0.29) is 11.7 Å². The van der Waals surface area contributed by atoms with Gasteiger partial charge in [-0.05, 0) is 24.6 Å². The average molecular weight is 275 g/mol. The van der Waals surface area contributed by atoms with E-state index in [4.69, 9.17) is 0 Å². The largest absolute Gasteiger partial charge is 0.351 e. The molecule has 1 aromatic heterocycles. The van der Waals surface area contributed by atoms with E-state index in [1.807, 2.05) is 0 Å². The quantitative estimate of drug-likeness (QED) is 0.853. The molecule has 2 aromatic rings. The Morgan fingerprint density at radius 3 is 2.85 bits per heavy atom. The third kappa shape index (κ3) is 3.04. The standard InChI is InChI=1S/C15H18FN3O/c1-3-4-9-17-15(20)14-10-13(18-19(14)2)11-7-5-6-8-12(11)16/h5-8,10H,3-4,9H2,1-2H3,(H,17,20). The minimum Gasteiger partial charge on any atom is -0.351 e. The van der Waals surface area contributed by atoms with E-state index in [1.165, 1.54) is 10.7 Å². The lowest BCUT2D eigenvalue weighted by atomic mass is 10.1. The zero-order valence-electron chi connectivity index (χ0n) is 11.7. The summed E-state index contributed by atoms with van der Waals surface area (Å²) in [4.78, 5) is 12.0. The Bertz CT molecular complexity index is 607. The van der Waals surface area contributed by atoms with Gasteiger partial charge in [-0.15, -0.1) is 0 Å². The zero-order valence-corrected chi connectivity index (χ0v) is 11.7. The summed E-state index contributed by atoms with van der Waals surface area (Å²) in [7, 11) is 1.68. The summed E-state index contributed by atoms with van der Waals surface area (Å²) in [6.07, 6.45) is 1.95. The summed E-state index contributed by atoms with van der Waals surface area (Å²) in [5.41, 5.74) is 1.29. The fourth-order valence-electron chi connectivity index (χ4n) is 1.95. The number of hydrogen-bond acceptors (Lipinski definition) is 2. The molecule has 106 valence electrons. The number of nitrogens with one attached hydrogen (secondary N) is 1. The minimum absolute atomic E-state index is 0.184. The highest BCUT2D eigenvalue weighted by atomic mass is 19.1. The predicted molar refractivity (Wildman–Crippen MR) is 75.8 cm³/mol. The molecule has 1 N–H and O–H groups in total. The van der Waals surface area contributed by atoms with E-state index < -0.39 is 0 Å². The molecule has 0 saturated heterocycles. The van der Waals surface area contributed by atoms with Gasteiger partial charge in [0.25, 0.3) is 5.91 Å². The molecular weight excluding hydrogens is 257 g/mol. The number of carbonyl (C=O) groups excluding carboxylic acids is 1. The van der Waals surface area contributed by atoms with Crippen LogP contribution in [-0.4, -0.2) is 22.2 Å². The fraction of sp³-hybridized carbons (Fsp3) is 0.333. The maximum atomic E-state index is 13.7. The van der Waals surface area contributed by atoms with Gasteiger partial charge >= 0.3 is 0 Å². The van der Waals surface area contributed by atoms with Crippen LogP contribution in [0, 0.1) is 5.82 Å². The van der Waals surface area contributed by atoms with Gasteiger partial charge in [-0.1, -0.05) is 25.5 Å². The summed E-state index contributed by atoms with van der Waals surface area (Å²) in [6, 6.07) is 8.01. The Labute approximate surface area is 117 Å². The first-order valence-corrected chi connectivity index (χ1v) is 6.70. The van der Waals surface area contributed by atoms with Gasteiger partial charge in [0.2, 0.25) is 0 Å². The number of benzene rings is 1. The van der Waals surface area contributed by atoms with Crippen molar-refractivity contribution in [2.75, 3.05) is 6.54 Å². The van der Waals surface area contributed by atoms with Crippen molar-refractivity contribution in [1.29, 1.82) is 0 Å². The van der Waals surface area contributed by atoms with E-state index in [9.17, 15) is 9.18 Å². The van der Waals surface area contributed by atoms with E-state index in [1.54, 1.807) is 31.3 Å². The highest BCUT2D eigenvalue weighted by Gasteiger charge is 2.15. The predicted octanol–water partition coefficient (Wildman–Crippen LogP) is 2.76. The maximum Gasteiger partial charge on any atom is 0.269 e. The topological polar surface area (TPSA) is 46.9 Å². The van der Waals surface area contributed by atoms with Crippen molar-refractivity contribution in [2.24, 2.45) is 7.05 Å². The molecule has 20 heavy (non-hydrogen) atoms. The number of rotatable bonds is 5. The molecule has 0 bridgehead atoms. The van der Waals surface area contributed by atoms with Crippen molar-refractivity contribution < 1.29 is 9.18 Å². The van der Waals surface area contributed by atoms with Gasteiger partial charge in [-0.2, -0.15) is 5.10 Å². The van der Waals surface area contributed by atoms with Crippen LogP contribution in [0.3, 0.4) is 0 Å². The molecule has 1 heterocycles. The molecule has 5 heteroatoms. The minimum atomic E-state index is -0.344. The first kappa shape index (κ1) is 14.2. The van der Waals surface area contributed by atoms with Crippen LogP contribution in [0.4, 0.5) is 4.39 Å². The van der Waals surface area contributed by atoms with Crippen molar-refractivity contribution >= 4 is 5.91 Å². The van der Waals surface area contributed by atoms with Crippen LogP contribution in [0.5, 0.6) is 0 Å². The highest BCUT2D eigenvalue weighted by molar-refractivity contribution is 5.93. The molecule has 0 aliphatic rings. The molecule has 0 spiro atoms. The Morgan fingerprint density at radius 2 is 2.15 bits per heavy atom. The highest BCUT2D eigenvalue weighted by Crippen LogP contribution is 2.21. The van der Waals surface area contributed by atoms with E-state index in [0.717, 1.165) is 12.8 Å². The lowest BCUT2D eigenvalue weighted by Crippen LogP contribution is -2.26. The van der Waals surface area contributed by atoms with Gasteiger partial charge in [0.05, 0.1) is 5.69 Å². The Kier molecular flexibility index (Phi) is 4.50. The van der Waals surface area contributed by atoms with Gasteiger partial charge < -0.3 is 5.32 Å². The van der Waals surface area contributed by atoms with Crippen LogP contribution in [0.25, 0.3) is 11.3 Å². The average Bonchev–Trinajstić information content (AvgIpc) is 2.81. The van der Waals surface area contributed by atoms with Crippen molar-refractivity contribution in [3.05, 3.63) is 41.8 Å². The molecule has 0 radical (unpaired) electrons. The monoisotopic (exact) mass is 275 g/mol. The van der Waals surface area contributed by atoms with Crippen molar-refractivity contribution in [2.45, 2.75) is 19.8 Å². The fourth-order valence-corrected chi connectivity index (χ4v) is 1.95. The van der Waals surface area contributed by atoms with Gasteiger partial charge in [0, 0.05) is 19.2 Å². The Hall–Kier alpha value is -2.17. The number of amides is 1. The van der Waals surface area contributed by atoms with Crippen LogP contribution in [0.15, 0.2) is 30.3 Å². The maximum absolute atomic E-state index is 13.7. The molecule has 0 fully saturated rings. The van der Waals surface area contributed by atoms with Crippen molar-refractivity contribution in [1.82, 2.24) is 15.1 Å². The molecule has 0 aliphatic heterocycles. The molecule has 4 nitrogen and oxygen atoms in total. The van der Waals surface area contributed by atoms with Crippen LogP contribution >= 0.6 is 0 Å². The molecule has 0 aliphatic carbocycles. The van der Waals surface area contributed by atoms with Crippen molar-refractivity contribution in [3.8, 4) is 11.3 Å². The zero-order chi connectivity index (χ0) is 14.5. The normalized spacial score (nSPS) is 10.6. The smallest absolute Gasteiger partial charge is 0.269 e. The lowest BCUT2D eigenvalue weighted by molar-refractivity contribution is 0.0944. The molecule has 2 rings (SSSR count). The lowest BCUT2D eigenvalue weighted by Gasteiger charge is -2.03. The van der Waals surface area contributed by atoms with Crippen LogP contribution in [0.2, 0.25) is 0 Å². The van der Waals surface area contributed by atoms with Crippen LogP contribution in [-0.2, 0) is 7.05 Å². The Balaban J connectivity index is 2.22. The second-order valence-electron chi connectivity index (χ2n) is 4.63. The SMILES string of the molecule is CCCCNC(=O)c1cc(-c2ccccc2F)nn1C. The van der Waals surface area contributed by atoms with Gasteiger partial charge in [0.15, 0.2) is 0 Å². The number of hydrogen-bond donors (Lipinski definition) is 1.